The van der Waals surface area contributed by atoms with Crippen molar-refractivity contribution in [2.45, 2.75) is 0 Å². The summed E-state index contributed by atoms with van der Waals surface area (Å²) in [6.07, 6.45) is 0. The van der Waals surface area contributed by atoms with E-state index in [0.717, 1.165) is 32.9 Å². The Labute approximate surface area is 185 Å². The molecule has 0 radical (unpaired) electrons. The first kappa shape index (κ1) is 18.9. The Morgan fingerprint density at radius 3 is 2.09 bits per heavy atom. The lowest BCUT2D eigenvalue weighted by Gasteiger charge is -2.11. The normalized spacial score (nSPS) is 11.4. The van der Waals surface area contributed by atoms with Gasteiger partial charge in [-0.25, -0.2) is 0 Å². The maximum atomic E-state index is 9.73. The van der Waals surface area contributed by atoms with Crippen LogP contribution in [0.5, 0.6) is 0 Å². The molecule has 0 aliphatic carbocycles. The molecule has 3 nitrogen and oxygen atoms in total. The molecule has 0 saturated heterocycles. The third-order valence-corrected chi connectivity index (χ3v) is 6.19. The van der Waals surface area contributed by atoms with Gasteiger partial charge in [-0.1, -0.05) is 78.9 Å². The molecule has 5 aromatic carbocycles. The van der Waals surface area contributed by atoms with E-state index in [1.807, 2.05) is 30.3 Å². The summed E-state index contributed by atoms with van der Waals surface area (Å²) < 4.78 is 2.20. The fourth-order valence-corrected chi connectivity index (χ4v) is 4.61. The summed E-state index contributed by atoms with van der Waals surface area (Å²) >= 11 is 0. The summed E-state index contributed by atoms with van der Waals surface area (Å²) in [5, 5.41) is 24.0. The van der Waals surface area contributed by atoms with Crippen molar-refractivity contribution in [1.82, 2.24) is 4.57 Å². The minimum atomic E-state index is -1.50. The van der Waals surface area contributed by atoms with Gasteiger partial charge in [0.1, 0.15) is 0 Å². The largest absolute Gasteiger partial charge is 0.488 e. The molecule has 0 saturated carbocycles. The molecule has 6 rings (SSSR count). The molecule has 0 atom stereocenters. The number of fused-ring (bicyclic) bond motifs is 4. The highest BCUT2D eigenvalue weighted by Crippen LogP contribution is 2.33. The molecule has 6 aromatic rings. The van der Waals surface area contributed by atoms with Crippen LogP contribution in [0.3, 0.4) is 0 Å². The van der Waals surface area contributed by atoms with Crippen molar-refractivity contribution in [2.75, 3.05) is 0 Å². The molecule has 1 aromatic heterocycles. The van der Waals surface area contributed by atoms with Crippen LogP contribution in [-0.2, 0) is 0 Å². The highest BCUT2D eigenvalue weighted by atomic mass is 16.4. The molecule has 0 amide bonds. The molecular weight excluding hydrogens is 393 g/mol. The topological polar surface area (TPSA) is 45.4 Å². The number of hydrogen-bond acceptors (Lipinski definition) is 2. The van der Waals surface area contributed by atoms with Crippen molar-refractivity contribution >= 4 is 45.2 Å². The average molecular weight is 413 g/mol. The van der Waals surface area contributed by atoms with Crippen molar-refractivity contribution in [3.63, 3.8) is 0 Å². The van der Waals surface area contributed by atoms with Crippen molar-refractivity contribution in [3.8, 4) is 16.8 Å². The molecule has 2 N–H and O–H groups in total. The first-order valence-electron chi connectivity index (χ1n) is 10.7. The lowest BCUT2D eigenvalue weighted by atomic mass is 9.80. The van der Waals surface area contributed by atoms with Crippen LogP contribution in [0.25, 0.3) is 49.4 Å². The van der Waals surface area contributed by atoms with E-state index >= 15 is 0 Å². The Balaban J connectivity index is 1.57. The number of benzene rings is 5. The van der Waals surface area contributed by atoms with Gasteiger partial charge < -0.3 is 14.6 Å². The van der Waals surface area contributed by atoms with Crippen LogP contribution >= 0.6 is 0 Å². The predicted octanol–water partition coefficient (Wildman–Crippen LogP) is 5.28. The standard InChI is InChI=1S/C28H20BNO2/c31-29(32)23-13-15-26-25-8-4-5-9-27(25)30(28(26)18-23)24-14-12-21-16-20(10-11-22(21)17-24)19-6-2-1-3-7-19/h1-18,31-32H. The van der Waals surface area contributed by atoms with Crippen molar-refractivity contribution < 1.29 is 10.0 Å². The van der Waals surface area contributed by atoms with E-state index in [1.165, 1.54) is 16.5 Å². The van der Waals surface area contributed by atoms with Crippen LogP contribution in [-0.4, -0.2) is 21.7 Å². The molecule has 4 heteroatoms. The number of hydrogen-bond donors (Lipinski definition) is 2. The summed E-state index contributed by atoms with van der Waals surface area (Å²) in [4.78, 5) is 0. The first-order chi connectivity index (χ1) is 15.7. The molecule has 32 heavy (non-hydrogen) atoms. The Morgan fingerprint density at radius 1 is 0.531 bits per heavy atom. The van der Waals surface area contributed by atoms with Gasteiger partial charge in [0, 0.05) is 16.5 Å². The van der Waals surface area contributed by atoms with Crippen LogP contribution in [0.4, 0.5) is 0 Å². The van der Waals surface area contributed by atoms with E-state index in [1.54, 1.807) is 6.07 Å². The minimum Gasteiger partial charge on any atom is -0.423 e. The highest BCUT2D eigenvalue weighted by molar-refractivity contribution is 6.59. The van der Waals surface area contributed by atoms with Gasteiger partial charge >= 0.3 is 7.12 Å². The second-order valence-corrected chi connectivity index (χ2v) is 8.12. The van der Waals surface area contributed by atoms with Gasteiger partial charge in [0.15, 0.2) is 0 Å². The smallest absolute Gasteiger partial charge is 0.423 e. The zero-order chi connectivity index (χ0) is 21.7. The van der Waals surface area contributed by atoms with Gasteiger partial charge in [-0.3, -0.25) is 0 Å². The van der Waals surface area contributed by atoms with Crippen LogP contribution < -0.4 is 5.46 Å². The highest BCUT2D eigenvalue weighted by Gasteiger charge is 2.17. The Morgan fingerprint density at radius 2 is 1.25 bits per heavy atom. The van der Waals surface area contributed by atoms with Crippen molar-refractivity contribution in [3.05, 3.63) is 109 Å². The molecule has 0 spiro atoms. The SMILES string of the molecule is OB(O)c1ccc2c3ccccc3n(-c3ccc4cc(-c5ccccc5)ccc4c3)c2c1. The van der Waals surface area contributed by atoms with E-state index in [-0.39, 0.29) is 0 Å². The Hall–Kier alpha value is -3.86. The quantitative estimate of drug-likeness (QED) is 0.388. The van der Waals surface area contributed by atoms with Crippen LogP contribution in [0.15, 0.2) is 109 Å². The fourth-order valence-electron chi connectivity index (χ4n) is 4.61. The van der Waals surface area contributed by atoms with Gasteiger partial charge in [-0.15, -0.1) is 0 Å². The summed E-state index contributed by atoms with van der Waals surface area (Å²) in [7, 11) is -1.50. The molecular formula is C28H20BNO2. The monoisotopic (exact) mass is 413 g/mol. The molecule has 0 aliphatic rings. The zero-order valence-electron chi connectivity index (χ0n) is 17.3. The third-order valence-electron chi connectivity index (χ3n) is 6.19. The van der Waals surface area contributed by atoms with Gasteiger partial charge in [-0.05, 0) is 57.7 Å². The average Bonchev–Trinajstić information content (AvgIpc) is 3.17. The molecule has 0 fully saturated rings. The molecule has 0 aliphatic heterocycles. The van der Waals surface area contributed by atoms with E-state index in [9.17, 15) is 10.0 Å². The van der Waals surface area contributed by atoms with E-state index in [4.69, 9.17) is 0 Å². The van der Waals surface area contributed by atoms with E-state index in [0.29, 0.717) is 5.46 Å². The number of rotatable bonds is 3. The summed E-state index contributed by atoms with van der Waals surface area (Å²) in [5.74, 6) is 0. The molecule has 1 heterocycles. The molecule has 152 valence electrons. The molecule has 0 unspecified atom stereocenters. The van der Waals surface area contributed by atoms with Crippen molar-refractivity contribution in [2.24, 2.45) is 0 Å². The zero-order valence-corrected chi connectivity index (χ0v) is 17.3. The second kappa shape index (κ2) is 7.38. The van der Waals surface area contributed by atoms with Crippen LogP contribution in [0, 0.1) is 0 Å². The minimum absolute atomic E-state index is 0.481. The predicted molar refractivity (Wildman–Crippen MR) is 134 cm³/mol. The number of aromatic nitrogens is 1. The van der Waals surface area contributed by atoms with Crippen LogP contribution in [0.2, 0.25) is 0 Å². The number of nitrogens with zero attached hydrogens (tertiary/aromatic N) is 1. The Kier molecular flexibility index (Phi) is 4.35. The third kappa shape index (κ3) is 3.01. The maximum absolute atomic E-state index is 9.73. The molecule has 0 bridgehead atoms. The summed E-state index contributed by atoms with van der Waals surface area (Å²) in [5.41, 5.74) is 5.97. The van der Waals surface area contributed by atoms with E-state index in [2.05, 4.69) is 77.4 Å². The van der Waals surface area contributed by atoms with Gasteiger partial charge in [0.25, 0.3) is 0 Å². The summed E-state index contributed by atoms with van der Waals surface area (Å²) in [6.45, 7) is 0. The van der Waals surface area contributed by atoms with E-state index < -0.39 is 7.12 Å². The van der Waals surface area contributed by atoms with Crippen LogP contribution in [0.1, 0.15) is 0 Å². The lowest BCUT2D eigenvalue weighted by molar-refractivity contribution is 0.426. The van der Waals surface area contributed by atoms with Crippen molar-refractivity contribution in [1.29, 1.82) is 0 Å². The summed E-state index contributed by atoms with van der Waals surface area (Å²) in [6, 6.07) is 37.3. The fraction of sp³-hybridized carbons (Fsp3) is 0. The Bertz CT molecular complexity index is 1600. The van der Waals surface area contributed by atoms with Gasteiger partial charge in [0.2, 0.25) is 0 Å². The lowest BCUT2D eigenvalue weighted by Crippen LogP contribution is -2.29. The van der Waals surface area contributed by atoms with Gasteiger partial charge in [0.05, 0.1) is 11.0 Å². The van der Waals surface area contributed by atoms with Gasteiger partial charge in [-0.2, -0.15) is 0 Å². The second-order valence-electron chi connectivity index (χ2n) is 8.12. The number of para-hydroxylation sites is 1. The maximum Gasteiger partial charge on any atom is 0.488 e. The first-order valence-corrected chi connectivity index (χ1v) is 10.7.